The van der Waals surface area contributed by atoms with E-state index < -0.39 is 27.0 Å². The maximum atomic E-state index is 13.1. The molecule has 1 aliphatic heterocycles. The summed E-state index contributed by atoms with van der Waals surface area (Å²) in [6.07, 6.45) is 0.617. The van der Waals surface area contributed by atoms with Gasteiger partial charge in [0.1, 0.15) is 17.7 Å². The molecular formula is C20H23ClN2O5S. The molecule has 1 saturated heterocycles. The molecule has 3 rings (SSSR count). The van der Waals surface area contributed by atoms with E-state index in [2.05, 4.69) is 0 Å². The molecule has 1 heterocycles. The lowest BCUT2D eigenvalue weighted by Gasteiger charge is -2.35. The summed E-state index contributed by atoms with van der Waals surface area (Å²) in [5.74, 6) is -0.546. The van der Waals surface area contributed by atoms with Crippen LogP contribution in [0, 0.1) is 5.92 Å². The molecule has 0 saturated carbocycles. The summed E-state index contributed by atoms with van der Waals surface area (Å²) in [5.41, 5.74) is 2.57. The van der Waals surface area contributed by atoms with E-state index in [1.807, 2.05) is 12.1 Å². The van der Waals surface area contributed by atoms with Crippen molar-refractivity contribution in [2.75, 3.05) is 13.6 Å². The Morgan fingerprint density at radius 3 is 2.48 bits per heavy atom. The lowest BCUT2D eigenvalue weighted by atomic mass is 9.96. The lowest BCUT2D eigenvalue weighted by molar-refractivity contribution is -0.135. The Bertz CT molecular complexity index is 948. The summed E-state index contributed by atoms with van der Waals surface area (Å²) in [4.78, 5) is 13.6. The van der Waals surface area contributed by atoms with Crippen LogP contribution < -0.4 is 10.2 Å². The summed E-state index contributed by atoms with van der Waals surface area (Å²) < 4.78 is 31.9. The van der Waals surface area contributed by atoms with Crippen LogP contribution in [-0.2, 0) is 21.2 Å². The summed E-state index contributed by atoms with van der Waals surface area (Å²) in [6.45, 7) is 0.789. The summed E-state index contributed by atoms with van der Waals surface area (Å²) in [6, 6.07) is 13.5. The summed E-state index contributed by atoms with van der Waals surface area (Å²) >= 11 is 5.86. The van der Waals surface area contributed by atoms with Gasteiger partial charge in [0, 0.05) is 10.9 Å². The lowest BCUT2D eigenvalue weighted by Crippen LogP contribution is -2.47. The molecule has 2 atom stereocenters. The number of rotatable bonds is 6. The van der Waals surface area contributed by atoms with Crippen molar-refractivity contribution >= 4 is 27.3 Å². The minimum Gasteiger partial charge on any atom is -0.489 e. The van der Waals surface area contributed by atoms with E-state index in [-0.39, 0.29) is 11.3 Å². The van der Waals surface area contributed by atoms with Gasteiger partial charge in [-0.25, -0.2) is 13.9 Å². The molecule has 156 valence electrons. The van der Waals surface area contributed by atoms with E-state index in [0.29, 0.717) is 30.3 Å². The quantitative estimate of drug-likeness (QED) is 0.531. The molecule has 29 heavy (non-hydrogen) atoms. The number of ether oxygens (including phenoxy) is 1. The molecule has 0 bridgehead atoms. The van der Waals surface area contributed by atoms with Crippen LogP contribution in [0.4, 0.5) is 0 Å². The standard InChI is InChI=1S/C20H23ClN2O5S/c1-23-11-10-15(20(24)22-25)12-19(23)29(26,27)18-8-6-17(7-9-18)28-13-14-2-4-16(21)5-3-14/h2-9,15,19,25H,10-13H2,1H3,(H,22,24). The van der Waals surface area contributed by atoms with Gasteiger partial charge in [-0.15, -0.1) is 0 Å². The number of carbonyl (C=O) groups is 1. The zero-order valence-electron chi connectivity index (χ0n) is 15.9. The number of nitrogens with one attached hydrogen (secondary N) is 1. The molecule has 1 fully saturated rings. The highest BCUT2D eigenvalue weighted by molar-refractivity contribution is 7.92. The van der Waals surface area contributed by atoms with Crippen molar-refractivity contribution in [2.24, 2.45) is 5.92 Å². The molecule has 1 aliphatic rings. The second-order valence-electron chi connectivity index (χ2n) is 7.06. The summed E-state index contributed by atoms with van der Waals surface area (Å²) in [5, 5.41) is 8.67. The predicted octanol–water partition coefficient (Wildman–Crippen LogP) is 2.87. The molecular weight excluding hydrogens is 416 g/mol. The highest BCUT2D eigenvalue weighted by Crippen LogP contribution is 2.30. The van der Waals surface area contributed by atoms with E-state index >= 15 is 0 Å². The fraction of sp³-hybridized carbons (Fsp3) is 0.350. The Morgan fingerprint density at radius 2 is 1.86 bits per heavy atom. The molecule has 0 aromatic heterocycles. The van der Waals surface area contributed by atoms with Gasteiger partial charge in [0.2, 0.25) is 5.91 Å². The van der Waals surface area contributed by atoms with Crippen LogP contribution in [0.3, 0.4) is 0 Å². The summed E-state index contributed by atoms with van der Waals surface area (Å²) in [7, 11) is -1.96. The van der Waals surface area contributed by atoms with Crippen molar-refractivity contribution in [3.05, 3.63) is 59.1 Å². The van der Waals surface area contributed by atoms with Gasteiger partial charge in [-0.2, -0.15) is 0 Å². The van der Waals surface area contributed by atoms with Gasteiger partial charge in [0.25, 0.3) is 0 Å². The average Bonchev–Trinajstić information content (AvgIpc) is 2.73. The largest absolute Gasteiger partial charge is 0.489 e. The Hall–Kier alpha value is -2.13. The fourth-order valence-corrected chi connectivity index (χ4v) is 5.39. The second-order valence-corrected chi connectivity index (χ2v) is 9.61. The molecule has 2 N–H and O–H groups in total. The third kappa shape index (κ3) is 5.08. The highest BCUT2D eigenvalue weighted by atomic mass is 35.5. The Morgan fingerprint density at radius 1 is 1.21 bits per heavy atom. The maximum absolute atomic E-state index is 13.1. The first-order valence-electron chi connectivity index (χ1n) is 9.16. The second kappa shape index (κ2) is 9.13. The van der Waals surface area contributed by atoms with Gasteiger partial charge in [0.15, 0.2) is 9.84 Å². The van der Waals surface area contributed by atoms with Crippen molar-refractivity contribution in [3.8, 4) is 5.75 Å². The monoisotopic (exact) mass is 438 g/mol. The van der Waals surface area contributed by atoms with Crippen molar-refractivity contribution in [2.45, 2.75) is 29.7 Å². The Labute approximate surface area is 175 Å². The van der Waals surface area contributed by atoms with E-state index in [9.17, 15) is 13.2 Å². The Balaban J connectivity index is 1.70. The average molecular weight is 439 g/mol. The number of sulfone groups is 1. The van der Waals surface area contributed by atoms with Crippen LogP contribution in [0.5, 0.6) is 5.75 Å². The van der Waals surface area contributed by atoms with Crippen molar-refractivity contribution in [1.29, 1.82) is 0 Å². The smallest absolute Gasteiger partial charge is 0.246 e. The number of piperidine rings is 1. The van der Waals surface area contributed by atoms with Gasteiger partial charge >= 0.3 is 0 Å². The number of carbonyl (C=O) groups excluding carboxylic acids is 1. The molecule has 2 aromatic rings. The molecule has 0 aliphatic carbocycles. The topological polar surface area (TPSA) is 95.9 Å². The van der Waals surface area contributed by atoms with Crippen molar-refractivity contribution in [3.63, 3.8) is 0 Å². The minimum atomic E-state index is -3.68. The zero-order valence-corrected chi connectivity index (χ0v) is 17.5. The number of likely N-dealkylation sites (tertiary alicyclic amines) is 1. The van der Waals surface area contributed by atoms with Gasteiger partial charge in [-0.1, -0.05) is 23.7 Å². The van der Waals surface area contributed by atoms with Crippen LogP contribution in [0.25, 0.3) is 0 Å². The van der Waals surface area contributed by atoms with E-state index in [4.69, 9.17) is 21.5 Å². The van der Waals surface area contributed by atoms with Gasteiger partial charge < -0.3 is 4.74 Å². The molecule has 0 spiro atoms. The van der Waals surface area contributed by atoms with E-state index in [1.54, 1.807) is 41.7 Å². The predicted molar refractivity (Wildman–Crippen MR) is 108 cm³/mol. The first-order valence-corrected chi connectivity index (χ1v) is 11.1. The van der Waals surface area contributed by atoms with E-state index in [0.717, 1.165) is 5.56 Å². The maximum Gasteiger partial charge on any atom is 0.246 e. The number of nitrogens with zero attached hydrogens (tertiary/aromatic N) is 1. The highest BCUT2D eigenvalue weighted by Gasteiger charge is 2.38. The number of amides is 1. The Kier molecular flexibility index (Phi) is 6.79. The first kappa shape index (κ1) is 21.6. The van der Waals surface area contributed by atoms with Crippen LogP contribution in [0.1, 0.15) is 18.4 Å². The molecule has 0 radical (unpaired) electrons. The normalized spacial score (nSPS) is 20.2. The first-order chi connectivity index (χ1) is 13.8. The van der Waals surface area contributed by atoms with Crippen LogP contribution in [-0.4, -0.2) is 43.4 Å². The van der Waals surface area contributed by atoms with Gasteiger partial charge in [0.05, 0.1) is 4.90 Å². The third-order valence-corrected chi connectivity index (χ3v) is 7.57. The number of benzene rings is 2. The molecule has 7 nitrogen and oxygen atoms in total. The minimum absolute atomic E-state index is 0.125. The molecule has 2 aromatic carbocycles. The van der Waals surface area contributed by atoms with Crippen LogP contribution in [0.15, 0.2) is 53.4 Å². The number of hydroxylamine groups is 1. The van der Waals surface area contributed by atoms with Crippen molar-refractivity contribution in [1.82, 2.24) is 10.4 Å². The number of hydrogen-bond donors (Lipinski definition) is 2. The van der Waals surface area contributed by atoms with Crippen molar-refractivity contribution < 1.29 is 23.2 Å². The number of hydrogen-bond acceptors (Lipinski definition) is 6. The molecule has 2 unspecified atom stereocenters. The van der Waals surface area contributed by atoms with Gasteiger partial charge in [-0.3, -0.25) is 14.9 Å². The fourth-order valence-electron chi connectivity index (χ4n) is 3.37. The SMILES string of the molecule is CN1CCC(C(=O)NO)CC1S(=O)(=O)c1ccc(OCc2ccc(Cl)cc2)cc1. The van der Waals surface area contributed by atoms with E-state index in [1.165, 1.54) is 12.1 Å². The van der Waals surface area contributed by atoms with Crippen LogP contribution in [0.2, 0.25) is 5.02 Å². The third-order valence-electron chi connectivity index (χ3n) is 5.12. The zero-order chi connectivity index (χ0) is 21.0. The molecule has 9 heteroatoms. The molecule has 1 amide bonds. The number of halogens is 1. The van der Waals surface area contributed by atoms with Gasteiger partial charge in [-0.05, 0) is 68.4 Å². The van der Waals surface area contributed by atoms with Crippen LogP contribution >= 0.6 is 11.6 Å².